The molecule has 1 heteroatoms. The second-order valence-corrected chi connectivity index (χ2v) is 6.17. The van der Waals surface area contributed by atoms with Gasteiger partial charge in [-0.15, -0.1) is 0 Å². The Hall–Kier alpha value is -0.0900. The third-order valence-electron chi connectivity index (χ3n) is 2.92. The average Bonchev–Trinajstić information content (AvgIpc) is 2.09. The molecular formula is C12H21P. The van der Waals surface area contributed by atoms with Crippen molar-refractivity contribution < 1.29 is 0 Å². The van der Waals surface area contributed by atoms with E-state index in [1.807, 2.05) is 0 Å². The van der Waals surface area contributed by atoms with Crippen LogP contribution in [0.2, 0.25) is 0 Å². The number of hydrogen-bond acceptors (Lipinski definition) is 0. The van der Waals surface area contributed by atoms with E-state index in [0.717, 1.165) is 5.66 Å². The molecule has 0 aromatic heterocycles. The van der Waals surface area contributed by atoms with Crippen molar-refractivity contribution >= 4 is 7.92 Å². The van der Waals surface area contributed by atoms with Gasteiger partial charge in [0.1, 0.15) is 0 Å². The van der Waals surface area contributed by atoms with E-state index in [4.69, 9.17) is 0 Å². The van der Waals surface area contributed by atoms with E-state index < -0.39 is 0 Å². The molecule has 0 bridgehead atoms. The molecule has 1 rings (SSSR count). The molecule has 13 heavy (non-hydrogen) atoms. The Labute approximate surface area is 83.9 Å². The molecule has 0 N–H and O–H groups in total. The van der Waals surface area contributed by atoms with Crippen molar-refractivity contribution in [2.75, 3.05) is 0 Å². The molecule has 0 aromatic rings. The van der Waals surface area contributed by atoms with Crippen LogP contribution in [0.4, 0.5) is 0 Å². The molecule has 0 nitrogen and oxygen atoms in total. The van der Waals surface area contributed by atoms with Gasteiger partial charge in [-0.3, -0.25) is 0 Å². The summed E-state index contributed by atoms with van der Waals surface area (Å²) in [5.74, 6) is 4.27. The molecule has 0 heterocycles. The minimum absolute atomic E-state index is 0.0755. The minimum Gasteiger partial charge on any atom is -0.0983 e. The maximum absolute atomic E-state index is 3.92. The van der Waals surface area contributed by atoms with Crippen molar-refractivity contribution in [3.8, 4) is 0 Å². The average molecular weight is 196 g/mol. The molecule has 0 aromatic carbocycles. The smallest absolute Gasteiger partial charge is 0.0140 e. The van der Waals surface area contributed by atoms with Crippen molar-refractivity contribution in [2.45, 2.75) is 50.6 Å². The maximum Gasteiger partial charge on any atom is -0.0140 e. The summed E-state index contributed by atoms with van der Waals surface area (Å²) in [5, 5.41) is 0. The topological polar surface area (TPSA) is 0 Å². The largest absolute Gasteiger partial charge is 0.0983 e. The molecule has 0 unspecified atom stereocenters. The zero-order chi connectivity index (χ0) is 9.52. The van der Waals surface area contributed by atoms with Gasteiger partial charge in [0.2, 0.25) is 0 Å². The van der Waals surface area contributed by atoms with Crippen LogP contribution in [0.5, 0.6) is 0 Å². The summed E-state index contributed by atoms with van der Waals surface area (Å²) in [4.78, 5) is 0. The summed E-state index contributed by atoms with van der Waals surface area (Å²) >= 11 is 0. The Morgan fingerprint density at radius 1 is 0.846 bits per heavy atom. The summed E-state index contributed by atoms with van der Waals surface area (Å²) in [6.45, 7) is 7.84. The molecule has 1 saturated carbocycles. The SMILES string of the molecule is C=CP(C=C)C1CCCCCCC1. The van der Waals surface area contributed by atoms with Crippen LogP contribution in [0.15, 0.2) is 24.8 Å². The zero-order valence-corrected chi connectivity index (χ0v) is 9.44. The van der Waals surface area contributed by atoms with E-state index in [9.17, 15) is 0 Å². The standard InChI is InChI=1S/C12H21P/c1-3-13(4-2)12-10-8-6-5-7-9-11-12/h3-4,12H,1-2,5-11H2. The molecule has 0 aliphatic heterocycles. The van der Waals surface area contributed by atoms with Gasteiger partial charge in [-0.2, -0.15) is 0 Å². The van der Waals surface area contributed by atoms with Gasteiger partial charge in [0, 0.05) is 0 Å². The molecule has 0 atom stereocenters. The molecule has 0 amide bonds. The first-order chi connectivity index (χ1) is 6.38. The van der Waals surface area contributed by atoms with Crippen LogP contribution in [-0.2, 0) is 0 Å². The van der Waals surface area contributed by atoms with Crippen LogP contribution in [0.25, 0.3) is 0 Å². The van der Waals surface area contributed by atoms with Gasteiger partial charge in [-0.25, -0.2) is 0 Å². The highest BCUT2D eigenvalue weighted by Gasteiger charge is 2.16. The Morgan fingerprint density at radius 3 is 1.77 bits per heavy atom. The van der Waals surface area contributed by atoms with Crippen molar-refractivity contribution in [1.82, 2.24) is 0 Å². The highest BCUT2D eigenvalue weighted by molar-refractivity contribution is 7.64. The molecule has 74 valence electrons. The van der Waals surface area contributed by atoms with Gasteiger partial charge < -0.3 is 0 Å². The maximum atomic E-state index is 3.92. The number of hydrogen-bond donors (Lipinski definition) is 0. The van der Waals surface area contributed by atoms with Gasteiger partial charge in [0.15, 0.2) is 0 Å². The van der Waals surface area contributed by atoms with Crippen molar-refractivity contribution in [2.24, 2.45) is 0 Å². The van der Waals surface area contributed by atoms with Gasteiger partial charge in [0.25, 0.3) is 0 Å². The zero-order valence-electron chi connectivity index (χ0n) is 8.54. The van der Waals surface area contributed by atoms with E-state index in [0.29, 0.717) is 0 Å². The molecule has 1 fully saturated rings. The molecule has 1 aliphatic rings. The molecule has 0 radical (unpaired) electrons. The van der Waals surface area contributed by atoms with Crippen LogP contribution < -0.4 is 0 Å². The van der Waals surface area contributed by atoms with Gasteiger partial charge in [-0.05, 0) is 18.5 Å². The van der Waals surface area contributed by atoms with Crippen LogP contribution in [0.1, 0.15) is 44.9 Å². The fourth-order valence-electron chi connectivity index (χ4n) is 2.11. The third-order valence-corrected chi connectivity index (χ3v) is 5.12. The lowest BCUT2D eigenvalue weighted by Gasteiger charge is -2.24. The van der Waals surface area contributed by atoms with Crippen molar-refractivity contribution in [1.29, 1.82) is 0 Å². The first-order valence-electron chi connectivity index (χ1n) is 5.41. The number of rotatable bonds is 3. The van der Waals surface area contributed by atoms with Crippen LogP contribution >= 0.6 is 7.92 Å². The van der Waals surface area contributed by atoms with E-state index in [1.165, 1.54) is 44.9 Å². The fourth-order valence-corrected chi connectivity index (χ4v) is 3.81. The van der Waals surface area contributed by atoms with Gasteiger partial charge >= 0.3 is 0 Å². The first kappa shape index (κ1) is 11.0. The Kier molecular flexibility index (Phi) is 5.39. The molecule has 0 spiro atoms. The Morgan fingerprint density at radius 2 is 1.31 bits per heavy atom. The van der Waals surface area contributed by atoms with E-state index in [2.05, 4.69) is 24.8 Å². The Bertz CT molecular complexity index is 147. The lowest BCUT2D eigenvalue weighted by molar-refractivity contribution is 0.510. The summed E-state index contributed by atoms with van der Waals surface area (Å²) in [7, 11) is -0.0755. The Balaban J connectivity index is 2.43. The summed E-state index contributed by atoms with van der Waals surface area (Å²) in [5.41, 5.74) is 0.894. The molecular weight excluding hydrogens is 175 g/mol. The second-order valence-electron chi connectivity index (χ2n) is 3.81. The monoisotopic (exact) mass is 196 g/mol. The predicted molar refractivity (Wildman–Crippen MR) is 63.4 cm³/mol. The van der Waals surface area contributed by atoms with Gasteiger partial charge in [-0.1, -0.05) is 64.8 Å². The minimum atomic E-state index is -0.0755. The molecule has 1 aliphatic carbocycles. The van der Waals surface area contributed by atoms with Crippen LogP contribution in [0, 0.1) is 0 Å². The first-order valence-corrected chi connectivity index (χ1v) is 6.96. The van der Waals surface area contributed by atoms with E-state index in [1.54, 1.807) is 0 Å². The van der Waals surface area contributed by atoms with Crippen molar-refractivity contribution in [3.63, 3.8) is 0 Å². The van der Waals surface area contributed by atoms with Crippen LogP contribution in [-0.4, -0.2) is 5.66 Å². The lowest BCUT2D eigenvalue weighted by Crippen LogP contribution is -2.06. The van der Waals surface area contributed by atoms with Crippen molar-refractivity contribution in [3.05, 3.63) is 24.8 Å². The highest BCUT2D eigenvalue weighted by Crippen LogP contribution is 2.48. The quantitative estimate of drug-likeness (QED) is 0.565. The molecule has 0 saturated heterocycles. The lowest BCUT2D eigenvalue weighted by atomic mass is 10.0. The third kappa shape index (κ3) is 3.65. The normalized spacial score (nSPS) is 20.7. The fraction of sp³-hybridized carbons (Fsp3) is 0.667. The summed E-state index contributed by atoms with van der Waals surface area (Å²) in [6, 6.07) is 0. The summed E-state index contributed by atoms with van der Waals surface area (Å²) < 4.78 is 0. The second kappa shape index (κ2) is 6.38. The van der Waals surface area contributed by atoms with E-state index >= 15 is 0 Å². The van der Waals surface area contributed by atoms with Gasteiger partial charge in [0.05, 0.1) is 0 Å². The van der Waals surface area contributed by atoms with E-state index in [-0.39, 0.29) is 7.92 Å². The predicted octanol–water partition coefficient (Wildman–Crippen LogP) is 4.87. The highest BCUT2D eigenvalue weighted by atomic mass is 31.1. The summed E-state index contributed by atoms with van der Waals surface area (Å²) in [6.07, 6.45) is 9.98. The van der Waals surface area contributed by atoms with Crippen LogP contribution in [0.3, 0.4) is 0 Å².